The molecule has 0 unspecified atom stereocenters. The zero-order chi connectivity index (χ0) is 15.9. The topological polar surface area (TPSA) is 98.2 Å². The van der Waals surface area contributed by atoms with Gasteiger partial charge in [0, 0.05) is 23.7 Å². The van der Waals surface area contributed by atoms with E-state index in [0.29, 0.717) is 23.7 Å². The highest BCUT2D eigenvalue weighted by atomic mass is 79.9. The number of halogens is 1. The lowest BCUT2D eigenvalue weighted by atomic mass is 10.2. The van der Waals surface area contributed by atoms with Gasteiger partial charge in [-0.05, 0) is 28.1 Å². The molecule has 118 valence electrons. The molecule has 2 rings (SSSR count). The maximum atomic E-state index is 11.5. The summed E-state index contributed by atoms with van der Waals surface area (Å²) in [6, 6.07) is 3.45. The minimum Gasteiger partial charge on any atom is -0.454 e. The number of amides is 2. The fraction of sp³-hybridized carbons (Fsp3) is 0.308. The number of methoxy groups -OCH3 is 1. The number of hydrogen-bond acceptors (Lipinski definition) is 6. The van der Waals surface area contributed by atoms with Crippen LogP contribution in [-0.2, 0) is 14.3 Å². The maximum Gasteiger partial charge on any atom is 0.329 e. The molecule has 0 aliphatic carbocycles. The molecule has 0 aromatic heterocycles. The van der Waals surface area contributed by atoms with Gasteiger partial charge in [0.05, 0.1) is 12.8 Å². The summed E-state index contributed by atoms with van der Waals surface area (Å²) in [6.45, 7) is 0.743. The van der Waals surface area contributed by atoms with Gasteiger partial charge in [0.25, 0.3) is 0 Å². The van der Waals surface area contributed by atoms with E-state index >= 15 is 0 Å². The molecule has 0 saturated carbocycles. The Hall–Kier alpha value is -2.13. The van der Waals surface area contributed by atoms with Crippen molar-refractivity contribution in [1.82, 2.24) is 10.7 Å². The number of fused-ring (bicyclic) bond motifs is 1. The summed E-state index contributed by atoms with van der Waals surface area (Å²) >= 11 is 3.36. The molecule has 1 heterocycles. The largest absolute Gasteiger partial charge is 0.454 e. The lowest BCUT2D eigenvalue weighted by molar-refractivity contribution is -0.139. The van der Waals surface area contributed by atoms with Crippen molar-refractivity contribution in [1.29, 1.82) is 0 Å². The van der Waals surface area contributed by atoms with Crippen molar-refractivity contribution in [3.8, 4) is 11.5 Å². The van der Waals surface area contributed by atoms with Crippen LogP contribution in [0, 0.1) is 0 Å². The number of nitrogens with one attached hydrogen (secondary N) is 2. The predicted molar refractivity (Wildman–Crippen MR) is 80.9 cm³/mol. The quantitative estimate of drug-likeness (QED) is 0.337. The van der Waals surface area contributed by atoms with E-state index in [-0.39, 0.29) is 13.3 Å². The molecule has 9 heteroatoms. The minimum absolute atomic E-state index is 0.167. The molecular weight excluding hydrogens is 358 g/mol. The highest BCUT2D eigenvalue weighted by molar-refractivity contribution is 9.10. The zero-order valence-corrected chi connectivity index (χ0v) is 13.3. The molecule has 1 aliphatic heterocycles. The molecule has 0 bridgehead atoms. The van der Waals surface area contributed by atoms with Crippen LogP contribution in [0.1, 0.15) is 5.56 Å². The summed E-state index contributed by atoms with van der Waals surface area (Å²) in [5, 5.41) is 6.12. The number of benzene rings is 1. The lowest BCUT2D eigenvalue weighted by Gasteiger charge is -2.03. The van der Waals surface area contributed by atoms with E-state index in [1.54, 1.807) is 12.1 Å². The highest BCUT2D eigenvalue weighted by Gasteiger charge is 2.16. The predicted octanol–water partition coefficient (Wildman–Crippen LogP) is 0.391. The van der Waals surface area contributed by atoms with Gasteiger partial charge in [-0.2, -0.15) is 5.10 Å². The molecule has 22 heavy (non-hydrogen) atoms. The second-order valence-corrected chi connectivity index (χ2v) is 5.03. The fourth-order valence-electron chi connectivity index (χ4n) is 1.59. The lowest BCUT2D eigenvalue weighted by Crippen LogP contribution is -2.39. The zero-order valence-electron chi connectivity index (χ0n) is 11.7. The van der Waals surface area contributed by atoms with Gasteiger partial charge < -0.3 is 19.5 Å². The SMILES string of the molecule is COCCNC(=O)C(=O)N/N=C\c1cc2c(cc1Br)OCO2. The third kappa shape index (κ3) is 4.18. The molecule has 0 atom stereocenters. The number of hydrazone groups is 1. The van der Waals surface area contributed by atoms with Crippen molar-refractivity contribution in [2.75, 3.05) is 27.1 Å². The molecule has 0 fully saturated rings. The summed E-state index contributed by atoms with van der Waals surface area (Å²) in [4.78, 5) is 22.8. The monoisotopic (exact) mass is 371 g/mol. The van der Waals surface area contributed by atoms with Crippen molar-refractivity contribution in [3.05, 3.63) is 22.2 Å². The number of rotatable bonds is 5. The Morgan fingerprint density at radius 1 is 1.36 bits per heavy atom. The first-order chi connectivity index (χ1) is 10.6. The van der Waals surface area contributed by atoms with Crippen molar-refractivity contribution in [2.24, 2.45) is 5.10 Å². The molecule has 8 nitrogen and oxygen atoms in total. The smallest absolute Gasteiger partial charge is 0.329 e. The minimum atomic E-state index is -0.857. The summed E-state index contributed by atoms with van der Waals surface area (Å²) < 4.78 is 16.0. The average molecular weight is 372 g/mol. The van der Waals surface area contributed by atoms with Crippen LogP contribution >= 0.6 is 15.9 Å². The Morgan fingerprint density at radius 3 is 2.82 bits per heavy atom. The van der Waals surface area contributed by atoms with Gasteiger partial charge in [0.2, 0.25) is 6.79 Å². The van der Waals surface area contributed by atoms with Crippen molar-refractivity contribution in [2.45, 2.75) is 0 Å². The van der Waals surface area contributed by atoms with Crippen LogP contribution in [0.25, 0.3) is 0 Å². The first kappa shape index (κ1) is 16.2. The molecule has 1 aromatic rings. The molecule has 2 N–H and O–H groups in total. The Bertz CT molecular complexity index is 606. The Balaban J connectivity index is 1.90. The highest BCUT2D eigenvalue weighted by Crippen LogP contribution is 2.36. The van der Waals surface area contributed by atoms with E-state index in [1.807, 2.05) is 0 Å². The van der Waals surface area contributed by atoms with Gasteiger partial charge in [-0.1, -0.05) is 0 Å². The van der Waals surface area contributed by atoms with Gasteiger partial charge in [0.15, 0.2) is 11.5 Å². The van der Waals surface area contributed by atoms with Gasteiger partial charge in [-0.15, -0.1) is 0 Å². The second-order valence-electron chi connectivity index (χ2n) is 4.17. The Labute approximate surface area is 134 Å². The number of hydrogen-bond donors (Lipinski definition) is 2. The maximum absolute atomic E-state index is 11.5. The summed E-state index contributed by atoms with van der Waals surface area (Å²) in [6.07, 6.45) is 1.40. The van der Waals surface area contributed by atoms with Crippen LogP contribution in [-0.4, -0.2) is 45.1 Å². The van der Waals surface area contributed by atoms with Crippen LogP contribution < -0.4 is 20.2 Å². The summed E-state index contributed by atoms with van der Waals surface area (Å²) in [5.74, 6) is -0.415. The van der Waals surface area contributed by atoms with E-state index in [2.05, 4.69) is 31.8 Å². The normalized spacial score (nSPS) is 12.5. The fourth-order valence-corrected chi connectivity index (χ4v) is 2.01. The molecule has 0 spiro atoms. The van der Waals surface area contributed by atoms with Gasteiger partial charge in [0.1, 0.15) is 0 Å². The first-order valence-corrected chi connectivity index (χ1v) is 7.10. The number of nitrogens with zero attached hydrogens (tertiary/aromatic N) is 1. The molecule has 1 aliphatic rings. The average Bonchev–Trinajstić information content (AvgIpc) is 2.94. The molecule has 0 radical (unpaired) electrons. The standard InChI is InChI=1S/C13H14BrN3O5/c1-20-3-2-15-12(18)13(19)17-16-6-8-4-10-11(5-9(8)14)22-7-21-10/h4-6H,2-3,7H2,1H3,(H,15,18)(H,17,19)/b16-6-. The van der Waals surface area contributed by atoms with Crippen LogP contribution in [0.4, 0.5) is 0 Å². The number of carbonyl (C=O) groups is 2. The van der Waals surface area contributed by atoms with Gasteiger partial charge in [-0.25, -0.2) is 5.43 Å². The van der Waals surface area contributed by atoms with Gasteiger partial charge in [-0.3, -0.25) is 9.59 Å². The van der Waals surface area contributed by atoms with E-state index in [1.165, 1.54) is 13.3 Å². The van der Waals surface area contributed by atoms with E-state index in [9.17, 15) is 9.59 Å². The second kappa shape index (κ2) is 7.76. The van der Waals surface area contributed by atoms with Crippen LogP contribution in [0.3, 0.4) is 0 Å². The summed E-state index contributed by atoms with van der Waals surface area (Å²) in [7, 11) is 1.50. The van der Waals surface area contributed by atoms with Crippen molar-refractivity contribution >= 4 is 34.0 Å². The first-order valence-electron chi connectivity index (χ1n) is 6.31. The van der Waals surface area contributed by atoms with Gasteiger partial charge >= 0.3 is 11.8 Å². The van der Waals surface area contributed by atoms with Crippen LogP contribution in [0.2, 0.25) is 0 Å². The molecule has 1 aromatic carbocycles. The number of ether oxygens (including phenoxy) is 3. The van der Waals surface area contributed by atoms with Crippen molar-refractivity contribution < 1.29 is 23.8 Å². The molecule has 2 amide bonds. The van der Waals surface area contributed by atoms with Crippen LogP contribution in [0.15, 0.2) is 21.7 Å². The Kier molecular flexibility index (Phi) is 5.73. The molecule has 0 saturated heterocycles. The Morgan fingerprint density at radius 2 is 2.09 bits per heavy atom. The molecular formula is C13H14BrN3O5. The van der Waals surface area contributed by atoms with E-state index in [0.717, 1.165) is 4.47 Å². The number of carbonyl (C=O) groups excluding carboxylic acids is 2. The summed E-state index contributed by atoms with van der Waals surface area (Å²) in [5.41, 5.74) is 2.81. The third-order valence-corrected chi connectivity index (χ3v) is 3.35. The van der Waals surface area contributed by atoms with Crippen molar-refractivity contribution in [3.63, 3.8) is 0 Å². The van der Waals surface area contributed by atoms with E-state index < -0.39 is 11.8 Å². The van der Waals surface area contributed by atoms with E-state index in [4.69, 9.17) is 14.2 Å². The third-order valence-electron chi connectivity index (χ3n) is 2.66. The van der Waals surface area contributed by atoms with Crippen LogP contribution in [0.5, 0.6) is 11.5 Å².